The van der Waals surface area contributed by atoms with Crippen molar-refractivity contribution in [3.8, 4) is 0 Å². The van der Waals surface area contributed by atoms with Gasteiger partial charge in [-0.2, -0.15) is 4.57 Å². The Morgan fingerprint density at radius 3 is 2.11 bits per heavy atom. The third-order valence-corrected chi connectivity index (χ3v) is 7.65. The smallest absolute Gasteiger partial charge is 0.224 e. The van der Waals surface area contributed by atoms with Gasteiger partial charge in [0.2, 0.25) is 11.4 Å². The molecule has 0 spiro atoms. The van der Waals surface area contributed by atoms with Crippen molar-refractivity contribution in [3.05, 3.63) is 119 Å². The lowest BCUT2D eigenvalue weighted by atomic mass is 9.94. The maximum Gasteiger partial charge on any atom is 0.224 e. The number of allylic oxidation sites excluding steroid dienone is 3. The molecule has 4 aromatic rings. The van der Waals surface area contributed by atoms with Gasteiger partial charge in [-0.3, -0.25) is 0 Å². The Kier molecular flexibility index (Phi) is 5.80. The predicted octanol–water partition coefficient (Wildman–Crippen LogP) is 7.42. The lowest BCUT2D eigenvalue weighted by molar-refractivity contribution is -0.578. The first-order valence-electron chi connectivity index (χ1n) is 12.4. The molecule has 3 nitrogen and oxygen atoms in total. The predicted molar refractivity (Wildman–Crippen MR) is 155 cm³/mol. The summed E-state index contributed by atoms with van der Waals surface area (Å²) in [4.78, 5) is 2.14. The molecule has 4 heterocycles. The number of aryl methyl sites for hydroxylation is 1. The van der Waals surface area contributed by atoms with Crippen LogP contribution in [0.15, 0.2) is 79.7 Å². The molecule has 0 N–H and O–H groups in total. The second-order valence-electron chi connectivity index (χ2n) is 9.86. The van der Waals surface area contributed by atoms with E-state index in [9.17, 15) is 0 Å². The van der Waals surface area contributed by atoms with Crippen LogP contribution < -0.4 is 9.47 Å². The first kappa shape index (κ1) is 23.6. The summed E-state index contributed by atoms with van der Waals surface area (Å²) in [6.07, 6.45) is 8.24. The molecular formula is C33H34N3+. The van der Waals surface area contributed by atoms with Crippen LogP contribution in [0.4, 0.5) is 5.69 Å². The molecule has 3 aromatic heterocycles. The third-order valence-electron chi connectivity index (χ3n) is 7.65. The number of pyridine rings is 2. The van der Waals surface area contributed by atoms with Gasteiger partial charge < -0.3 is 9.30 Å². The molecule has 1 aliphatic heterocycles. The number of nitrogens with zero attached hydrogens (tertiary/aromatic N) is 3. The minimum atomic E-state index is 1.10. The van der Waals surface area contributed by atoms with E-state index in [1.807, 2.05) is 12.2 Å². The topological polar surface area (TPSA) is 11.5 Å². The van der Waals surface area contributed by atoms with Gasteiger partial charge in [-0.05, 0) is 74.2 Å². The fourth-order valence-electron chi connectivity index (χ4n) is 5.29. The van der Waals surface area contributed by atoms with E-state index in [0.29, 0.717) is 0 Å². The maximum absolute atomic E-state index is 4.02. The van der Waals surface area contributed by atoms with Gasteiger partial charge in [-0.25, -0.2) is 0 Å². The van der Waals surface area contributed by atoms with Crippen LogP contribution in [-0.4, -0.2) is 18.5 Å². The fraction of sp³-hybridized carbons (Fsp3) is 0.182. The van der Waals surface area contributed by atoms with E-state index in [-0.39, 0.29) is 0 Å². The van der Waals surface area contributed by atoms with Gasteiger partial charge >= 0.3 is 0 Å². The zero-order chi connectivity index (χ0) is 25.7. The summed E-state index contributed by atoms with van der Waals surface area (Å²) in [7, 11) is 4.16. The summed E-state index contributed by atoms with van der Waals surface area (Å²) >= 11 is 0. The van der Waals surface area contributed by atoms with Gasteiger partial charge in [0.25, 0.3) is 0 Å². The Balaban J connectivity index is 1.95. The Morgan fingerprint density at radius 2 is 1.47 bits per heavy atom. The minimum absolute atomic E-state index is 1.10. The molecule has 0 aliphatic carbocycles. The van der Waals surface area contributed by atoms with Crippen LogP contribution in [0.5, 0.6) is 0 Å². The highest BCUT2D eigenvalue weighted by Gasteiger charge is 2.35. The van der Waals surface area contributed by atoms with Crippen molar-refractivity contribution in [2.75, 3.05) is 19.0 Å². The van der Waals surface area contributed by atoms with E-state index in [4.69, 9.17) is 0 Å². The number of aromatic nitrogens is 2. The minimum Gasteiger partial charge on any atom is -0.378 e. The average Bonchev–Trinajstić information content (AvgIpc) is 3.29. The Bertz CT molecular complexity index is 1610. The SMILES string of the molecule is C=Cc1ccc2c(C)c(C)c(C(=C3C(C)=C(C)c4ccc(C=C)c[n+]43)c3ccc(N(C)C)cc3)n2c1. The highest BCUT2D eigenvalue weighted by atomic mass is 15.1. The van der Waals surface area contributed by atoms with Crippen molar-refractivity contribution in [3.63, 3.8) is 0 Å². The van der Waals surface area contributed by atoms with Gasteiger partial charge in [0.15, 0.2) is 6.20 Å². The molecule has 180 valence electrons. The lowest BCUT2D eigenvalue weighted by Crippen LogP contribution is -2.34. The highest BCUT2D eigenvalue weighted by Crippen LogP contribution is 2.40. The fourth-order valence-corrected chi connectivity index (χ4v) is 5.29. The monoisotopic (exact) mass is 472 g/mol. The number of anilines is 1. The zero-order valence-electron chi connectivity index (χ0n) is 22.2. The molecule has 5 rings (SSSR count). The van der Waals surface area contributed by atoms with Gasteiger partial charge in [0.1, 0.15) is 0 Å². The van der Waals surface area contributed by atoms with Crippen molar-refractivity contribution in [1.29, 1.82) is 0 Å². The Hall–Kier alpha value is -4.11. The van der Waals surface area contributed by atoms with Crippen LogP contribution >= 0.6 is 0 Å². The number of hydrogen-bond acceptors (Lipinski definition) is 1. The van der Waals surface area contributed by atoms with E-state index >= 15 is 0 Å². The first-order chi connectivity index (χ1) is 17.3. The molecule has 3 heteroatoms. The van der Waals surface area contributed by atoms with Crippen LogP contribution in [0.25, 0.3) is 34.5 Å². The van der Waals surface area contributed by atoms with Crippen LogP contribution in [0.3, 0.4) is 0 Å². The van der Waals surface area contributed by atoms with E-state index in [0.717, 1.165) is 11.1 Å². The van der Waals surface area contributed by atoms with E-state index in [2.05, 4.69) is 130 Å². The van der Waals surface area contributed by atoms with Crippen LogP contribution in [0.2, 0.25) is 0 Å². The molecule has 36 heavy (non-hydrogen) atoms. The molecular weight excluding hydrogens is 438 g/mol. The molecule has 1 aliphatic rings. The largest absolute Gasteiger partial charge is 0.378 e. The summed E-state index contributed by atoms with van der Waals surface area (Å²) in [6, 6.07) is 17.6. The third kappa shape index (κ3) is 3.54. The molecule has 0 amide bonds. The van der Waals surface area contributed by atoms with Crippen LogP contribution in [0, 0.1) is 13.8 Å². The van der Waals surface area contributed by atoms with Gasteiger partial charge in [-0.1, -0.05) is 43.5 Å². The number of benzene rings is 1. The second kappa shape index (κ2) is 8.83. The maximum atomic E-state index is 4.02. The summed E-state index contributed by atoms with van der Waals surface area (Å²) in [6.45, 7) is 17.0. The van der Waals surface area contributed by atoms with Crippen LogP contribution in [-0.2, 0) is 0 Å². The molecule has 0 radical (unpaired) electrons. The number of fused-ring (bicyclic) bond motifs is 2. The van der Waals surface area contributed by atoms with Gasteiger partial charge in [0, 0.05) is 54.3 Å². The number of rotatable bonds is 5. The van der Waals surface area contributed by atoms with E-state index in [1.165, 1.54) is 61.7 Å². The number of hydrogen-bond donors (Lipinski definition) is 0. The normalized spacial score (nSPS) is 14.3. The summed E-state index contributed by atoms with van der Waals surface area (Å²) in [5.41, 5.74) is 15.8. The van der Waals surface area contributed by atoms with Crippen molar-refractivity contribution < 1.29 is 4.57 Å². The van der Waals surface area contributed by atoms with E-state index in [1.54, 1.807) is 0 Å². The highest BCUT2D eigenvalue weighted by molar-refractivity contribution is 6.00. The van der Waals surface area contributed by atoms with Crippen LogP contribution in [0.1, 0.15) is 53.1 Å². The Morgan fingerprint density at radius 1 is 0.806 bits per heavy atom. The summed E-state index contributed by atoms with van der Waals surface area (Å²) < 4.78 is 4.70. The summed E-state index contributed by atoms with van der Waals surface area (Å²) in [5.74, 6) is 0. The molecule has 1 aromatic carbocycles. The van der Waals surface area contributed by atoms with Gasteiger partial charge in [0.05, 0.1) is 11.3 Å². The first-order valence-corrected chi connectivity index (χ1v) is 12.4. The molecule has 0 saturated carbocycles. The molecule has 0 saturated heterocycles. The second-order valence-corrected chi connectivity index (χ2v) is 9.86. The quantitative estimate of drug-likeness (QED) is 0.275. The average molecular weight is 473 g/mol. The Labute approximate surface area is 214 Å². The lowest BCUT2D eigenvalue weighted by Gasteiger charge is -2.16. The molecule has 0 atom stereocenters. The zero-order valence-corrected chi connectivity index (χ0v) is 22.2. The molecule has 0 unspecified atom stereocenters. The summed E-state index contributed by atoms with van der Waals surface area (Å²) in [5, 5.41) is 0. The standard InChI is InChI=1S/C33H34N3/c1-9-25-11-17-29-21(3)23(5)32(35(29)19-25)31(27-13-15-28(16-14-27)34(7)8)33-24(6)22(4)30-18-12-26(10-2)20-36(30)33/h9-20H,1-2H2,3-8H3/q+1. The van der Waals surface area contributed by atoms with E-state index < -0.39 is 0 Å². The van der Waals surface area contributed by atoms with Crippen molar-refractivity contribution in [1.82, 2.24) is 4.40 Å². The molecule has 0 bridgehead atoms. The van der Waals surface area contributed by atoms with Crippen molar-refractivity contribution >= 4 is 40.2 Å². The molecule has 0 fully saturated rings. The van der Waals surface area contributed by atoms with Crippen molar-refractivity contribution in [2.24, 2.45) is 0 Å². The van der Waals surface area contributed by atoms with Crippen molar-refractivity contribution in [2.45, 2.75) is 27.7 Å². The van der Waals surface area contributed by atoms with Gasteiger partial charge in [-0.15, -0.1) is 0 Å².